The van der Waals surface area contributed by atoms with Crippen LogP contribution in [-0.2, 0) is 6.42 Å². The number of thiazole rings is 1. The zero-order valence-electron chi connectivity index (χ0n) is 19.1. The van der Waals surface area contributed by atoms with Crippen molar-refractivity contribution in [2.24, 2.45) is 0 Å². The van der Waals surface area contributed by atoms with Gasteiger partial charge in [-0.05, 0) is 56.0 Å². The lowest BCUT2D eigenvalue weighted by molar-refractivity contribution is 0.00181. The first kappa shape index (κ1) is 22.9. The number of fused-ring (bicyclic) bond motifs is 1. The summed E-state index contributed by atoms with van der Waals surface area (Å²) in [6, 6.07) is 7.39. The lowest BCUT2D eigenvalue weighted by atomic mass is 9.84. The molecule has 2 heterocycles. The SMILES string of the molecule is CCC1(COc2ccc(Cc3sc(=O)[nH]c3O)cc2)CC(=O)c2c(C)c(O)c(C)c(C)c2O1. The van der Waals surface area contributed by atoms with Gasteiger partial charge < -0.3 is 19.7 Å². The molecule has 174 valence electrons. The van der Waals surface area contributed by atoms with Gasteiger partial charge in [-0.15, -0.1) is 0 Å². The molecule has 0 aliphatic carbocycles. The second-order valence-corrected chi connectivity index (χ2v) is 9.63. The fourth-order valence-electron chi connectivity index (χ4n) is 4.16. The Morgan fingerprint density at radius 1 is 1.09 bits per heavy atom. The molecule has 1 unspecified atom stereocenters. The molecule has 0 saturated heterocycles. The van der Waals surface area contributed by atoms with E-state index in [4.69, 9.17) is 9.47 Å². The Morgan fingerprint density at radius 3 is 2.39 bits per heavy atom. The third kappa shape index (κ3) is 4.23. The van der Waals surface area contributed by atoms with E-state index in [2.05, 4.69) is 4.98 Å². The maximum Gasteiger partial charge on any atom is 0.307 e. The van der Waals surface area contributed by atoms with Crippen LogP contribution in [0.25, 0.3) is 0 Å². The number of ether oxygens (including phenoxy) is 2. The number of benzene rings is 2. The molecule has 7 nitrogen and oxygen atoms in total. The first-order valence-electron chi connectivity index (χ1n) is 10.8. The Labute approximate surface area is 195 Å². The van der Waals surface area contributed by atoms with Crippen molar-refractivity contribution in [1.29, 1.82) is 0 Å². The average molecular weight is 470 g/mol. The fraction of sp³-hybridized carbons (Fsp3) is 0.360. The first-order valence-corrected chi connectivity index (χ1v) is 11.6. The highest BCUT2D eigenvalue weighted by atomic mass is 32.1. The van der Waals surface area contributed by atoms with E-state index in [-0.39, 0.29) is 35.3 Å². The highest BCUT2D eigenvalue weighted by Gasteiger charge is 2.42. The van der Waals surface area contributed by atoms with Crippen LogP contribution in [0, 0.1) is 20.8 Å². The van der Waals surface area contributed by atoms with Crippen LogP contribution < -0.4 is 14.3 Å². The van der Waals surface area contributed by atoms with E-state index in [1.54, 1.807) is 6.92 Å². The van der Waals surface area contributed by atoms with Crippen LogP contribution in [0.2, 0.25) is 0 Å². The number of aromatic hydroxyl groups is 2. The second kappa shape index (κ2) is 8.59. The van der Waals surface area contributed by atoms with Crippen LogP contribution in [0.4, 0.5) is 0 Å². The van der Waals surface area contributed by atoms with Crippen molar-refractivity contribution in [1.82, 2.24) is 4.98 Å². The number of phenolic OH excluding ortho intramolecular Hbond substituents is 1. The van der Waals surface area contributed by atoms with E-state index in [1.807, 2.05) is 45.0 Å². The van der Waals surface area contributed by atoms with Gasteiger partial charge in [0.05, 0.1) is 16.9 Å². The van der Waals surface area contributed by atoms with Crippen molar-refractivity contribution < 1.29 is 24.5 Å². The molecule has 1 atom stereocenters. The molecule has 3 N–H and O–H groups in total. The Balaban J connectivity index is 1.51. The number of hydrogen-bond acceptors (Lipinski definition) is 7. The van der Waals surface area contributed by atoms with Crippen LogP contribution in [0.15, 0.2) is 29.1 Å². The zero-order chi connectivity index (χ0) is 23.9. The van der Waals surface area contributed by atoms with Gasteiger partial charge >= 0.3 is 4.87 Å². The number of rotatable bonds is 6. The normalized spacial score (nSPS) is 17.5. The molecule has 1 aromatic heterocycles. The third-order valence-electron chi connectivity index (χ3n) is 6.43. The van der Waals surface area contributed by atoms with Crippen LogP contribution in [-0.4, -0.2) is 33.2 Å². The summed E-state index contributed by atoms with van der Waals surface area (Å²) >= 11 is 0.987. The first-order chi connectivity index (χ1) is 15.6. The third-order valence-corrected chi connectivity index (χ3v) is 7.30. The Kier molecular flexibility index (Phi) is 5.97. The zero-order valence-corrected chi connectivity index (χ0v) is 19.9. The summed E-state index contributed by atoms with van der Waals surface area (Å²) in [5.41, 5.74) is 2.61. The minimum absolute atomic E-state index is 0.0572. The average Bonchev–Trinajstić information content (AvgIpc) is 3.11. The summed E-state index contributed by atoms with van der Waals surface area (Å²) < 4.78 is 12.4. The molecule has 0 saturated carbocycles. The maximum atomic E-state index is 13.1. The van der Waals surface area contributed by atoms with E-state index in [9.17, 15) is 19.8 Å². The van der Waals surface area contributed by atoms with E-state index in [1.165, 1.54) is 0 Å². The van der Waals surface area contributed by atoms with Gasteiger partial charge in [0.15, 0.2) is 5.78 Å². The number of Topliss-reactive ketones (excluding diaryl/α,β-unsaturated/α-hetero) is 1. The largest absolute Gasteiger partial charge is 0.507 e. The van der Waals surface area contributed by atoms with Crippen LogP contribution >= 0.6 is 11.3 Å². The van der Waals surface area contributed by atoms with Crippen molar-refractivity contribution in [2.75, 3.05) is 6.61 Å². The van der Waals surface area contributed by atoms with Crippen LogP contribution in [0.3, 0.4) is 0 Å². The Bertz CT molecular complexity index is 1270. The van der Waals surface area contributed by atoms with E-state index in [0.29, 0.717) is 45.9 Å². The van der Waals surface area contributed by atoms with Gasteiger partial charge in [0, 0.05) is 12.0 Å². The summed E-state index contributed by atoms with van der Waals surface area (Å²) in [5, 5.41) is 20.1. The molecule has 0 amide bonds. The molecule has 0 radical (unpaired) electrons. The van der Waals surface area contributed by atoms with E-state index < -0.39 is 5.60 Å². The Hall–Kier alpha value is -3.26. The molecule has 3 aromatic rings. The number of phenols is 1. The number of ketones is 1. The second-order valence-electron chi connectivity index (χ2n) is 8.56. The van der Waals surface area contributed by atoms with E-state index >= 15 is 0 Å². The topological polar surface area (TPSA) is 109 Å². The lowest BCUT2D eigenvalue weighted by Crippen LogP contribution is -2.47. The molecule has 2 aromatic carbocycles. The summed E-state index contributed by atoms with van der Waals surface area (Å²) in [6.45, 7) is 7.58. The minimum atomic E-state index is -0.799. The molecule has 1 aliphatic rings. The number of hydrogen-bond donors (Lipinski definition) is 3. The maximum absolute atomic E-state index is 13.1. The fourth-order valence-corrected chi connectivity index (χ4v) is 4.92. The summed E-state index contributed by atoms with van der Waals surface area (Å²) in [6.07, 6.45) is 1.19. The van der Waals surface area contributed by atoms with Gasteiger partial charge in [0.1, 0.15) is 29.5 Å². The quantitative estimate of drug-likeness (QED) is 0.488. The van der Waals surface area contributed by atoms with Gasteiger partial charge in [0.2, 0.25) is 5.88 Å². The van der Waals surface area contributed by atoms with Gasteiger partial charge in [-0.25, -0.2) is 0 Å². The van der Waals surface area contributed by atoms with Crippen LogP contribution in [0.1, 0.15) is 57.3 Å². The number of aromatic nitrogens is 1. The predicted octanol–water partition coefficient (Wildman–Crippen LogP) is 4.56. The smallest absolute Gasteiger partial charge is 0.307 e. The summed E-state index contributed by atoms with van der Waals surface area (Å²) in [5.74, 6) is 1.16. The molecule has 8 heteroatoms. The van der Waals surface area contributed by atoms with Gasteiger partial charge in [-0.3, -0.25) is 14.6 Å². The van der Waals surface area contributed by atoms with Gasteiger partial charge in [-0.2, -0.15) is 0 Å². The monoisotopic (exact) mass is 469 g/mol. The molecule has 0 spiro atoms. The standard InChI is InChI=1S/C25H27NO6S/c1-5-25(11-18(27)20-15(4)21(28)13(2)14(3)22(20)32-25)12-31-17-8-6-16(7-9-17)10-19-23(29)26-24(30)33-19/h6-9,28-29H,5,10-12H2,1-4H3,(H,26,30). The minimum Gasteiger partial charge on any atom is -0.507 e. The Morgan fingerprint density at radius 2 is 1.79 bits per heavy atom. The summed E-state index contributed by atoms with van der Waals surface area (Å²) in [4.78, 5) is 27.1. The number of aromatic amines is 1. The molecule has 1 aliphatic heterocycles. The molecular formula is C25H27NO6S. The summed E-state index contributed by atoms with van der Waals surface area (Å²) in [7, 11) is 0. The predicted molar refractivity (Wildman–Crippen MR) is 126 cm³/mol. The molecule has 33 heavy (non-hydrogen) atoms. The van der Waals surface area contributed by atoms with Crippen molar-refractivity contribution in [3.63, 3.8) is 0 Å². The van der Waals surface area contributed by atoms with Gasteiger partial charge in [-0.1, -0.05) is 30.4 Å². The highest BCUT2D eigenvalue weighted by Crippen LogP contribution is 2.44. The highest BCUT2D eigenvalue weighted by molar-refractivity contribution is 7.09. The molecule has 0 fully saturated rings. The number of carbonyl (C=O) groups is 1. The molecule has 0 bridgehead atoms. The van der Waals surface area contributed by atoms with Crippen LogP contribution in [0.5, 0.6) is 23.1 Å². The number of carbonyl (C=O) groups excluding carboxylic acids is 1. The van der Waals surface area contributed by atoms with E-state index in [0.717, 1.165) is 22.5 Å². The number of H-pyrrole nitrogens is 1. The van der Waals surface area contributed by atoms with Crippen molar-refractivity contribution in [3.8, 4) is 23.1 Å². The van der Waals surface area contributed by atoms with Crippen molar-refractivity contribution in [2.45, 2.75) is 52.6 Å². The molecular weight excluding hydrogens is 442 g/mol. The molecule has 4 rings (SSSR count). The lowest BCUT2D eigenvalue weighted by Gasteiger charge is -2.38. The van der Waals surface area contributed by atoms with Crippen molar-refractivity contribution in [3.05, 3.63) is 66.6 Å². The number of nitrogens with one attached hydrogen (secondary N) is 1. The van der Waals surface area contributed by atoms with Crippen molar-refractivity contribution >= 4 is 17.1 Å². The van der Waals surface area contributed by atoms with Gasteiger partial charge in [0.25, 0.3) is 0 Å².